The third-order valence-corrected chi connectivity index (χ3v) is 12.6. The van der Waals surface area contributed by atoms with Crippen LogP contribution in [0.1, 0.15) is 206 Å². The molecule has 0 aromatic carbocycles. The average Bonchev–Trinajstić information content (AvgIpc) is 3.46. The first-order chi connectivity index (χ1) is 40.6. The Labute approximate surface area is 507 Å². The van der Waals surface area contributed by atoms with Crippen LogP contribution in [0, 0.1) is 0 Å². The highest BCUT2D eigenvalue weighted by molar-refractivity contribution is 5.70. The summed E-state index contributed by atoms with van der Waals surface area (Å²) in [5, 5.41) is 11.8. The van der Waals surface area contributed by atoms with Gasteiger partial charge in [-0.05, 0) is 135 Å². The zero-order valence-electron chi connectivity index (χ0n) is 52.7. The summed E-state index contributed by atoms with van der Waals surface area (Å²) >= 11 is 0. The van der Waals surface area contributed by atoms with E-state index in [1.807, 2.05) is 21.1 Å². The highest BCUT2D eigenvalue weighted by atomic mass is 16.7. The Morgan fingerprint density at radius 2 is 0.651 bits per heavy atom. The SMILES string of the molecule is CC/C=C\C/C=C\C/C=C\C/C=C\C/C=C\C/C=C\C/C=C\C/C=C\C/C=C\C/C=C\C/C=C\C/C=C\CCCCCCC(=O)OC(COC(=O)CCCCCCCCC/C=C\C/C=C\C/C=C\CC)COC(OCC[N+](C)(C)C)C(=O)[O-]. The Hall–Kier alpha value is -5.61. The Bertz CT molecular complexity index is 2010. The predicted octanol–water partition coefficient (Wildman–Crippen LogP) is 18.3. The van der Waals surface area contributed by atoms with Crippen molar-refractivity contribution in [3.05, 3.63) is 182 Å². The van der Waals surface area contributed by atoms with Gasteiger partial charge in [0.05, 0.1) is 40.3 Å². The number of aliphatic carboxylic acids is 1. The maximum absolute atomic E-state index is 12.9. The lowest BCUT2D eigenvalue weighted by atomic mass is 10.1. The van der Waals surface area contributed by atoms with Crippen LogP contribution in [-0.4, -0.2) is 82.3 Å². The van der Waals surface area contributed by atoms with E-state index in [0.29, 0.717) is 23.9 Å². The molecule has 0 saturated carbocycles. The van der Waals surface area contributed by atoms with Crippen LogP contribution in [0.4, 0.5) is 0 Å². The normalized spacial score (nSPS) is 14.0. The molecule has 2 unspecified atom stereocenters. The maximum Gasteiger partial charge on any atom is 0.306 e. The minimum atomic E-state index is -1.64. The summed E-state index contributed by atoms with van der Waals surface area (Å²) < 4.78 is 22.6. The van der Waals surface area contributed by atoms with Crippen LogP contribution >= 0.6 is 0 Å². The second kappa shape index (κ2) is 62.4. The fourth-order valence-corrected chi connectivity index (χ4v) is 7.82. The number of carboxylic acids is 1. The van der Waals surface area contributed by atoms with Crippen molar-refractivity contribution < 1.29 is 42.9 Å². The molecule has 0 spiro atoms. The van der Waals surface area contributed by atoms with E-state index in [4.69, 9.17) is 18.9 Å². The summed E-state index contributed by atoms with van der Waals surface area (Å²) in [6.45, 7) is 4.45. The fraction of sp³-hybridized carbons (Fsp3) is 0.554. The molecule has 9 nitrogen and oxygen atoms in total. The number of quaternary nitrogens is 1. The van der Waals surface area contributed by atoms with Gasteiger partial charge in [0.1, 0.15) is 13.2 Å². The topological polar surface area (TPSA) is 111 Å². The van der Waals surface area contributed by atoms with E-state index in [9.17, 15) is 19.5 Å². The number of rotatable bonds is 56. The van der Waals surface area contributed by atoms with Gasteiger partial charge in [0.25, 0.3) is 0 Å². The van der Waals surface area contributed by atoms with Crippen LogP contribution in [0.15, 0.2) is 182 Å². The number of nitrogens with zero attached hydrogens (tertiary/aromatic N) is 1. The first kappa shape index (κ1) is 77.4. The molecule has 0 radical (unpaired) electrons. The number of likely N-dealkylation sites (N-methyl/N-ethyl adjacent to an activating group) is 1. The molecule has 0 rings (SSSR count). The summed E-state index contributed by atoms with van der Waals surface area (Å²) in [5.74, 6) is -2.35. The lowest BCUT2D eigenvalue weighted by molar-refractivity contribution is -0.870. The Balaban J connectivity index is 4.27. The molecular weight excluding hydrogens is 1030 g/mol. The van der Waals surface area contributed by atoms with Gasteiger partial charge in [0, 0.05) is 12.8 Å². The molecule has 0 saturated heterocycles. The summed E-state index contributed by atoms with van der Waals surface area (Å²) in [7, 11) is 5.89. The average molecular weight is 1150 g/mol. The Kier molecular flexibility index (Phi) is 58.2. The zero-order valence-corrected chi connectivity index (χ0v) is 52.7. The van der Waals surface area contributed by atoms with Crippen molar-refractivity contribution in [1.82, 2.24) is 0 Å². The van der Waals surface area contributed by atoms with E-state index < -0.39 is 24.3 Å². The zero-order chi connectivity index (χ0) is 60.5. The summed E-state index contributed by atoms with van der Waals surface area (Å²) in [6, 6.07) is 0. The molecular formula is C74H115NO8. The molecule has 9 heteroatoms. The van der Waals surface area contributed by atoms with Crippen LogP contribution in [0.2, 0.25) is 0 Å². The number of ether oxygens (including phenoxy) is 4. The van der Waals surface area contributed by atoms with Gasteiger partial charge in [0.15, 0.2) is 12.4 Å². The van der Waals surface area contributed by atoms with Crippen molar-refractivity contribution in [2.75, 3.05) is 47.5 Å². The molecule has 0 N–H and O–H groups in total. The van der Waals surface area contributed by atoms with Crippen molar-refractivity contribution in [1.29, 1.82) is 0 Å². The molecule has 464 valence electrons. The molecule has 2 atom stereocenters. The maximum atomic E-state index is 12.9. The quantitative estimate of drug-likeness (QED) is 0.0195. The van der Waals surface area contributed by atoms with E-state index >= 15 is 0 Å². The summed E-state index contributed by atoms with van der Waals surface area (Å²) in [5.41, 5.74) is 0. The summed E-state index contributed by atoms with van der Waals surface area (Å²) in [6.07, 6.45) is 92.4. The molecule has 0 fully saturated rings. The van der Waals surface area contributed by atoms with Gasteiger partial charge >= 0.3 is 11.9 Å². The number of carbonyl (C=O) groups is 3. The third-order valence-electron chi connectivity index (χ3n) is 12.6. The Morgan fingerprint density at radius 3 is 0.964 bits per heavy atom. The largest absolute Gasteiger partial charge is 0.545 e. The predicted molar refractivity (Wildman–Crippen MR) is 351 cm³/mol. The lowest BCUT2D eigenvalue weighted by Gasteiger charge is -2.26. The van der Waals surface area contributed by atoms with E-state index in [2.05, 4.69) is 196 Å². The minimum Gasteiger partial charge on any atom is -0.545 e. The van der Waals surface area contributed by atoms with Crippen molar-refractivity contribution in [2.45, 2.75) is 219 Å². The van der Waals surface area contributed by atoms with Crippen LogP contribution < -0.4 is 5.11 Å². The monoisotopic (exact) mass is 1150 g/mol. The minimum absolute atomic E-state index is 0.130. The van der Waals surface area contributed by atoms with E-state index in [1.165, 1.54) is 19.3 Å². The molecule has 0 bridgehead atoms. The molecule has 83 heavy (non-hydrogen) atoms. The standard InChI is InChI=1S/C74H115NO8/c1-6-8-10-12-14-16-18-20-22-24-25-26-27-28-29-30-31-32-33-34-35-36-37-38-39-40-41-42-43-44-45-46-47-49-51-53-55-57-59-61-63-65-72(77)83-70(69-82-74(73(78)79)80-67-66-75(3,4)5)68-81-71(76)64-62-60-58-56-54-52-50-48-23-21-19-17-15-13-11-9-7-2/h8-11,14-17,20-23,25-26,28-29,31-32,34-35,37-38,40-41,43-44,46-47,51,53,70,74H,6-7,12-13,18-19,24,27,30,33,36,39,42,45,48-50,52,54-69H2,1-5H3/b10-8-,11-9-,16-14-,17-15-,22-20-,23-21-,26-25-,29-28-,32-31-,35-34-,38-37-,41-40-,44-43-,47-46-,53-51-. The highest BCUT2D eigenvalue weighted by Gasteiger charge is 2.22. The number of unbranched alkanes of at least 4 members (excludes halogenated alkanes) is 11. The molecule has 0 aromatic rings. The number of carbonyl (C=O) groups excluding carboxylic acids is 3. The van der Waals surface area contributed by atoms with E-state index in [1.54, 1.807) is 0 Å². The highest BCUT2D eigenvalue weighted by Crippen LogP contribution is 2.13. The third kappa shape index (κ3) is 63.8. The van der Waals surface area contributed by atoms with Crippen molar-refractivity contribution in [2.24, 2.45) is 0 Å². The molecule has 0 aliphatic carbocycles. The van der Waals surface area contributed by atoms with Crippen LogP contribution in [0.3, 0.4) is 0 Å². The van der Waals surface area contributed by atoms with Gasteiger partial charge in [-0.1, -0.05) is 241 Å². The van der Waals surface area contributed by atoms with Crippen molar-refractivity contribution in [3.8, 4) is 0 Å². The number of carboxylic acid groups (broad SMARTS) is 1. The van der Waals surface area contributed by atoms with Gasteiger partial charge < -0.3 is 33.3 Å². The number of esters is 2. The van der Waals surface area contributed by atoms with Gasteiger partial charge in [-0.2, -0.15) is 0 Å². The fourth-order valence-electron chi connectivity index (χ4n) is 7.82. The first-order valence-electron chi connectivity index (χ1n) is 31.9. The first-order valence-corrected chi connectivity index (χ1v) is 31.9. The van der Waals surface area contributed by atoms with E-state index in [0.717, 1.165) is 148 Å². The van der Waals surface area contributed by atoms with Crippen molar-refractivity contribution in [3.63, 3.8) is 0 Å². The smallest absolute Gasteiger partial charge is 0.306 e. The number of hydrogen-bond acceptors (Lipinski definition) is 8. The van der Waals surface area contributed by atoms with Crippen LogP contribution in [-0.2, 0) is 33.3 Å². The molecule has 0 aliphatic heterocycles. The number of allylic oxidation sites excluding steroid dienone is 30. The summed E-state index contributed by atoms with van der Waals surface area (Å²) in [4.78, 5) is 37.3. The van der Waals surface area contributed by atoms with Gasteiger partial charge in [-0.25, -0.2) is 0 Å². The Morgan fingerprint density at radius 1 is 0.361 bits per heavy atom. The van der Waals surface area contributed by atoms with Crippen LogP contribution in [0.5, 0.6) is 0 Å². The molecule has 0 amide bonds. The second-order valence-electron chi connectivity index (χ2n) is 21.6. The van der Waals surface area contributed by atoms with Gasteiger partial charge in [-0.15, -0.1) is 0 Å². The van der Waals surface area contributed by atoms with Crippen LogP contribution in [0.25, 0.3) is 0 Å². The van der Waals surface area contributed by atoms with E-state index in [-0.39, 0.29) is 38.6 Å². The second-order valence-corrected chi connectivity index (χ2v) is 21.6. The number of hydrogen-bond donors (Lipinski definition) is 0. The molecule has 0 aromatic heterocycles. The van der Waals surface area contributed by atoms with Gasteiger partial charge in [-0.3, -0.25) is 9.59 Å². The van der Waals surface area contributed by atoms with Gasteiger partial charge in [0.2, 0.25) is 0 Å². The lowest BCUT2D eigenvalue weighted by Crippen LogP contribution is -2.44. The molecule has 0 heterocycles. The molecule has 0 aliphatic rings. The van der Waals surface area contributed by atoms with Crippen molar-refractivity contribution >= 4 is 17.9 Å².